The first-order valence-corrected chi connectivity index (χ1v) is 7.75. The van der Waals surface area contributed by atoms with E-state index in [0.29, 0.717) is 12.1 Å². The van der Waals surface area contributed by atoms with Gasteiger partial charge in [-0.15, -0.1) is 0 Å². The van der Waals surface area contributed by atoms with Crippen LogP contribution in [0.15, 0.2) is 61.2 Å². The lowest BCUT2D eigenvalue weighted by molar-refractivity contribution is -0.121. The molecular formula is C19H23N3O. The third-order valence-corrected chi connectivity index (χ3v) is 3.40. The van der Waals surface area contributed by atoms with Gasteiger partial charge in [0, 0.05) is 18.7 Å². The van der Waals surface area contributed by atoms with Gasteiger partial charge < -0.3 is 5.32 Å². The van der Waals surface area contributed by atoms with Gasteiger partial charge in [-0.3, -0.25) is 15.6 Å². The Hall–Kier alpha value is -2.75. The summed E-state index contributed by atoms with van der Waals surface area (Å²) in [6.07, 6.45) is 1.22. The van der Waals surface area contributed by atoms with Crippen LogP contribution in [-0.2, 0) is 4.79 Å². The van der Waals surface area contributed by atoms with Crippen LogP contribution in [0, 0.1) is 6.92 Å². The third-order valence-electron chi connectivity index (χ3n) is 3.40. The molecule has 4 heteroatoms. The number of benzene rings is 2. The minimum Gasteiger partial charge on any atom is -0.385 e. The average molecular weight is 309 g/mol. The summed E-state index contributed by atoms with van der Waals surface area (Å²) in [5.74, 6) is -0.0480. The zero-order valence-electron chi connectivity index (χ0n) is 13.4. The van der Waals surface area contributed by atoms with E-state index < -0.39 is 0 Å². The molecule has 0 aromatic heterocycles. The zero-order valence-corrected chi connectivity index (χ0v) is 13.4. The molecule has 0 spiro atoms. The summed E-state index contributed by atoms with van der Waals surface area (Å²) in [6.45, 7) is 6.72. The standard InChI is InChI=1S/C19H23N3O/c1-15-8-6-11-18(14-15)20-13-7-12-19(23)22-21-16(2)17-9-4-3-5-10-17/h3-6,8-11,14,20-21H,2,7,12-13H2,1H3,(H,22,23). The van der Waals surface area contributed by atoms with Crippen LogP contribution < -0.4 is 16.2 Å². The van der Waals surface area contributed by atoms with Crippen molar-refractivity contribution >= 4 is 17.3 Å². The van der Waals surface area contributed by atoms with Crippen molar-refractivity contribution in [3.05, 3.63) is 72.3 Å². The Morgan fingerprint density at radius 2 is 1.83 bits per heavy atom. The SMILES string of the molecule is C=C(NNC(=O)CCCNc1cccc(C)c1)c1ccccc1. The van der Waals surface area contributed by atoms with Gasteiger partial charge in [-0.2, -0.15) is 0 Å². The van der Waals surface area contributed by atoms with Crippen molar-refractivity contribution in [3.8, 4) is 0 Å². The molecular weight excluding hydrogens is 286 g/mol. The minimum atomic E-state index is -0.0480. The van der Waals surface area contributed by atoms with Gasteiger partial charge in [-0.25, -0.2) is 0 Å². The molecule has 2 aromatic carbocycles. The molecule has 4 nitrogen and oxygen atoms in total. The summed E-state index contributed by atoms with van der Waals surface area (Å²) in [7, 11) is 0. The van der Waals surface area contributed by atoms with Crippen molar-refractivity contribution in [1.29, 1.82) is 0 Å². The number of hydrogen-bond donors (Lipinski definition) is 3. The predicted octanol–water partition coefficient (Wildman–Crippen LogP) is 3.48. The summed E-state index contributed by atoms with van der Waals surface area (Å²) >= 11 is 0. The molecule has 0 saturated carbocycles. The molecule has 120 valence electrons. The van der Waals surface area contributed by atoms with Gasteiger partial charge in [0.25, 0.3) is 0 Å². The first kappa shape index (κ1) is 16.6. The maximum atomic E-state index is 11.8. The van der Waals surface area contributed by atoms with Gasteiger partial charge in [-0.1, -0.05) is 49.0 Å². The number of aryl methyl sites for hydroxylation is 1. The van der Waals surface area contributed by atoms with Crippen LogP contribution in [0.3, 0.4) is 0 Å². The topological polar surface area (TPSA) is 53.2 Å². The van der Waals surface area contributed by atoms with Crippen LogP contribution in [0.5, 0.6) is 0 Å². The van der Waals surface area contributed by atoms with Gasteiger partial charge in [0.15, 0.2) is 0 Å². The summed E-state index contributed by atoms with van der Waals surface area (Å²) in [4.78, 5) is 11.8. The molecule has 2 rings (SSSR count). The van der Waals surface area contributed by atoms with E-state index in [1.165, 1.54) is 5.56 Å². The fourth-order valence-corrected chi connectivity index (χ4v) is 2.16. The second-order valence-corrected chi connectivity index (χ2v) is 5.42. The van der Waals surface area contributed by atoms with E-state index in [-0.39, 0.29) is 5.91 Å². The molecule has 1 amide bonds. The molecule has 3 N–H and O–H groups in total. The van der Waals surface area contributed by atoms with Crippen molar-refractivity contribution in [2.45, 2.75) is 19.8 Å². The van der Waals surface area contributed by atoms with E-state index in [2.05, 4.69) is 41.8 Å². The average Bonchev–Trinajstić information content (AvgIpc) is 2.57. The van der Waals surface area contributed by atoms with Gasteiger partial charge in [0.05, 0.1) is 5.70 Å². The lowest BCUT2D eigenvalue weighted by Gasteiger charge is -2.11. The molecule has 0 fully saturated rings. The Morgan fingerprint density at radius 3 is 2.57 bits per heavy atom. The van der Waals surface area contributed by atoms with Gasteiger partial charge in [0.2, 0.25) is 5.91 Å². The highest BCUT2D eigenvalue weighted by atomic mass is 16.2. The molecule has 23 heavy (non-hydrogen) atoms. The van der Waals surface area contributed by atoms with Gasteiger partial charge >= 0.3 is 0 Å². The smallest absolute Gasteiger partial charge is 0.238 e. The molecule has 0 saturated heterocycles. The van der Waals surface area contributed by atoms with Crippen LogP contribution in [0.1, 0.15) is 24.0 Å². The number of hydrogen-bond acceptors (Lipinski definition) is 3. The normalized spacial score (nSPS) is 9.96. The molecule has 0 heterocycles. The number of hydrazine groups is 1. The van der Waals surface area contributed by atoms with Crippen LogP contribution in [0.4, 0.5) is 5.69 Å². The summed E-state index contributed by atoms with van der Waals surface area (Å²) in [5.41, 5.74) is 9.46. The van der Waals surface area contributed by atoms with Crippen LogP contribution in [-0.4, -0.2) is 12.5 Å². The number of anilines is 1. The van der Waals surface area contributed by atoms with E-state index in [0.717, 1.165) is 24.2 Å². The summed E-state index contributed by atoms with van der Waals surface area (Å²) in [6, 6.07) is 17.9. The first-order valence-electron chi connectivity index (χ1n) is 7.75. The lowest BCUT2D eigenvalue weighted by atomic mass is 10.2. The molecule has 0 atom stereocenters. The predicted molar refractivity (Wildman–Crippen MR) is 95.7 cm³/mol. The fraction of sp³-hybridized carbons (Fsp3) is 0.211. The molecule has 2 aromatic rings. The van der Waals surface area contributed by atoms with E-state index in [4.69, 9.17) is 0 Å². The Morgan fingerprint density at radius 1 is 1.04 bits per heavy atom. The zero-order chi connectivity index (χ0) is 16.5. The van der Waals surface area contributed by atoms with E-state index in [9.17, 15) is 4.79 Å². The Bertz CT molecular complexity index is 653. The molecule has 0 aliphatic rings. The van der Waals surface area contributed by atoms with Gasteiger partial charge in [0.1, 0.15) is 0 Å². The van der Waals surface area contributed by atoms with Crippen molar-refractivity contribution in [2.24, 2.45) is 0 Å². The summed E-state index contributed by atoms with van der Waals surface area (Å²) < 4.78 is 0. The third kappa shape index (κ3) is 5.87. The van der Waals surface area contributed by atoms with Crippen molar-refractivity contribution < 1.29 is 4.79 Å². The summed E-state index contributed by atoms with van der Waals surface area (Å²) in [5, 5.41) is 3.31. The highest BCUT2D eigenvalue weighted by Gasteiger charge is 2.02. The number of rotatable bonds is 8. The second kappa shape index (κ2) is 8.63. The molecule has 0 bridgehead atoms. The molecule has 0 aliphatic heterocycles. The van der Waals surface area contributed by atoms with Crippen LogP contribution >= 0.6 is 0 Å². The highest BCUT2D eigenvalue weighted by Crippen LogP contribution is 2.09. The quantitative estimate of drug-likeness (QED) is 0.517. The van der Waals surface area contributed by atoms with E-state index in [1.807, 2.05) is 42.5 Å². The van der Waals surface area contributed by atoms with Crippen molar-refractivity contribution in [3.63, 3.8) is 0 Å². The monoisotopic (exact) mass is 309 g/mol. The van der Waals surface area contributed by atoms with Crippen LogP contribution in [0.25, 0.3) is 5.70 Å². The molecule has 0 unspecified atom stereocenters. The maximum absolute atomic E-state index is 11.8. The maximum Gasteiger partial charge on any atom is 0.238 e. The Labute approximate surface area is 137 Å². The molecule has 0 radical (unpaired) electrons. The second-order valence-electron chi connectivity index (χ2n) is 5.42. The van der Waals surface area contributed by atoms with Crippen molar-refractivity contribution in [1.82, 2.24) is 10.9 Å². The first-order chi connectivity index (χ1) is 11.1. The van der Waals surface area contributed by atoms with E-state index >= 15 is 0 Å². The molecule has 0 aliphatic carbocycles. The van der Waals surface area contributed by atoms with Gasteiger partial charge in [-0.05, 0) is 36.6 Å². The lowest BCUT2D eigenvalue weighted by Crippen LogP contribution is -2.35. The fourth-order valence-electron chi connectivity index (χ4n) is 2.16. The van der Waals surface area contributed by atoms with Crippen LogP contribution in [0.2, 0.25) is 0 Å². The Balaban J connectivity index is 1.63. The number of carbonyl (C=O) groups excluding carboxylic acids is 1. The Kier molecular flexibility index (Phi) is 6.24. The van der Waals surface area contributed by atoms with Crippen molar-refractivity contribution in [2.75, 3.05) is 11.9 Å². The largest absolute Gasteiger partial charge is 0.385 e. The number of amides is 1. The number of nitrogens with one attached hydrogen (secondary N) is 3. The minimum absolute atomic E-state index is 0.0480. The highest BCUT2D eigenvalue weighted by molar-refractivity contribution is 5.77. The van der Waals surface area contributed by atoms with E-state index in [1.54, 1.807) is 0 Å². The number of carbonyl (C=O) groups is 1.